The molecule has 49 heavy (non-hydrogen) atoms. The summed E-state index contributed by atoms with van der Waals surface area (Å²) in [5.74, 6) is 7.72. The van der Waals surface area contributed by atoms with Gasteiger partial charge < -0.3 is 9.64 Å². The largest absolute Gasteiger partial charge is 0.493 e. The molecule has 5 rings (SSSR count). The monoisotopic (exact) mass is 744 g/mol. The fourth-order valence-electron chi connectivity index (χ4n) is 5.78. The molecule has 2 aliphatic rings. The van der Waals surface area contributed by atoms with Crippen molar-refractivity contribution >= 4 is 57.3 Å². The highest BCUT2D eigenvalue weighted by Gasteiger charge is 2.45. The van der Waals surface area contributed by atoms with E-state index in [4.69, 9.17) is 32.9 Å². The number of rotatable bonds is 8. The van der Waals surface area contributed by atoms with Gasteiger partial charge in [0.05, 0.1) is 24.0 Å². The number of benzene rings is 3. The first-order chi connectivity index (χ1) is 22.7. The fraction of sp³-hybridized carbons (Fsp3) is 0.405. The van der Waals surface area contributed by atoms with Crippen molar-refractivity contribution < 1.29 is 17.9 Å². The number of amides is 2. The number of amidine groups is 1. The quantitative estimate of drug-likeness (QED) is 0.223. The van der Waals surface area contributed by atoms with Gasteiger partial charge in [-0.25, -0.2) is 13.2 Å². The average molecular weight is 746 g/mol. The third-order valence-corrected chi connectivity index (χ3v) is 9.65. The molecular weight excluding hydrogens is 703 g/mol. The second kappa shape index (κ2) is 16.2. The molecule has 0 aromatic heterocycles. The van der Waals surface area contributed by atoms with Crippen LogP contribution in [0.15, 0.2) is 71.7 Å². The van der Waals surface area contributed by atoms with Gasteiger partial charge in [-0.2, -0.15) is 0 Å². The molecule has 1 fully saturated rings. The molecular formula is C37H43Cl3N4O4S. The molecule has 1 saturated heterocycles. The highest BCUT2D eigenvalue weighted by atomic mass is 35.5. The first-order valence-electron chi connectivity index (χ1n) is 16.1. The summed E-state index contributed by atoms with van der Waals surface area (Å²) in [5.41, 5.74) is 3.11. The van der Waals surface area contributed by atoms with Crippen molar-refractivity contribution in [1.82, 2.24) is 14.7 Å². The van der Waals surface area contributed by atoms with Crippen LogP contribution in [0.2, 0.25) is 10.0 Å². The number of nitrogens with zero attached hydrogens (tertiary/aromatic N) is 4. The highest BCUT2D eigenvalue weighted by molar-refractivity contribution is 7.90. The maximum atomic E-state index is 14.8. The first-order valence-corrected chi connectivity index (χ1v) is 18.9. The second-order valence-corrected chi connectivity index (χ2v) is 16.3. The molecule has 3 aromatic carbocycles. The van der Waals surface area contributed by atoms with Crippen LogP contribution in [-0.4, -0.2) is 86.3 Å². The normalized spacial score (nSPS) is 18.3. The summed E-state index contributed by atoms with van der Waals surface area (Å²) in [4.78, 5) is 25.8. The van der Waals surface area contributed by atoms with Crippen molar-refractivity contribution in [1.29, 1.82) is 0 Å². The Morgan fingerprint density at radius 2 is 1.53 bits per heavy atom. The second-order valence-electron chi connectivity index (χ2n) is 13.2. The topological polar surface area (TPSA) is 82.5 Å². The van der Waals surface area contributed by atoms with Crippen LogP contribution < -0.4 is 4.74 Å². The third kappa shape index (κ3) is 9.93. The number of hydrogen-bond acceptors (Lipinski definition) is 6. The molecule has 0 radical (unpaired) electrons. The molecule has 0 bridgehead atoms. The predicted molar refractivity (Wildman–Crippen MR) is 201 cm³/mol. The number of aliphatic imine (C=N–C) groups is 1. The lowest BCUT2D eigenvalue weighted by molar-refractivity contribution is 0.122. The molecule has 0 unspecified atom stereocenters. The van der Waals surface area contributed by atoms with Crippen molar-refractivity contribution in [2.45, 2.75) is 39.8 Å². The van der Waals surface area contributed by atoms with Crippen molar-refractivity contribution in [2.24, 2.45) is 10.4 Å². The van der Waals surface area contributed by atoms with Crippen LogP contribution in [0.4, 0.5) is 4.79 Å². The Labute approximate surface area is 306 Å². The van der Waals surface area contributed by atoms with Crippen LogP contribution in [0.25, 0.3) is 0 Å². The summed E-state index contributed by atoms with van der Waals surface area (Å²) in [7, 11) is -3.09. The van der Waals surface area contributed by atoms with E-state index < -0.39 is 21.9 Å². The Hall–Kier alpha value is -3.26. The van der Waals surface area contributed by atoms with E-state index in [1.165, 1.54) is 6.26 Å². The van der Waals surface area contributed by atoms with Gasteiger partial charge >= 0.3 is 6.03 Å². The smallest absolute Gasteiger partial charge is 0.326 e. The van der Waals surface area contributed by atoms with Gasteiger partial charge in [0.2, 0.25) is 0 Å². The van der Waals surface area contributed by atoms with Crippen molar-refractivity contribution in [2.75, 3.05) is 51.3 Å². The lowest BCUT2D eigenvalue weighted by atomic mass is 9.93. The van der Waals surface area contributed by atoms with Crippen LogP contribution >= 0.6 is 35.6 Å². The van der Waals surface area contributed by atoms with Crippen molar-refractivity contribution in [3.8, 4) is 17.6 Å². The Morgan fingerprint density at radius 3 is 2.08 bits per heavy atom. The van der Waals surface area contributed by atoms with Gasteiger partial charge in [0.1, 0.15) is 27.5 Å². The number of piperazine rings is 1. The molecule has 0 N–H and O–H groups in total. The maximum Gasteiger partial charge on any atom is 0.326 e. The number of hydrogen-bond donors (Lipinski definition) is 0. The number of carbonyl (C=O) groups excluding carboxylic acids is 1. The van der Waals surface area contributed by atoms with Gasteiger partial charge in [-0.3, -0.25) is 14.8 Å². The van der Waals surface area contributed by atoms with E-state index in [-0.39, 0.29) is 29.6 Å². The summed E-state index contributed by atoms with van der Waals surface area (Å²) in [6.45, 7) is 11.0. The number of ether oxygens (including phenoxy) is 1. The first kappa shape index (κ1) is 38.5. The SMILES string of the molecule is CCOc1cc(C#CC(C)(C)C)ccc1C1=N[C@@H](c2ccc(Cl)cc2)[C@@H](c2ccc(Cl)cc2)N1C(=O)N1CCN(CCS(C)(=O)=O)CC1.Cl. The van der Waals surface area contributed by atoms with Gasteiger partial charge in [-0.15, -0.1) is 12.4 Å². The zero-order chi connectivity index (χ0) is 34.6. The molecule has 2 heterocycles. The van der Waals surface area contributed by atoms with E-state index >= 15 is 0 Å². The average Bonchev–Trinajstić information content (AvgIpc) is 3.43. The molecule has 262 valence electrons. The lowest BCUT2D eigenvalue weighted by Gasteiger charge is -2.39. The number of halogens is 3. The number of sulfone groups is 1. The maximum absolute atomic E-state index is 14.8. The van der Waals surface area contributed by atoms with Crippen LogP contribution in [0.5, 0.6) is 5.75 Å². The Kier molecular flexibility index (Phi) is 12.7. The van der Waals surface area contributed by atoms with Crippen LogP contribution in [0, 0.1) is 17.3 Å². The van der Waals surface area contributed by atoms with Crippen LogP contribution in [-0.2, 0) is 9.84 Å². The number of carbonyl (C=O) groups is 1. The Balaban J connectivity index is 0.00000541. The van der Waals surface area contributed by atoms with E-state index in [1.54, 1.807) is 4.90 Å². The van der Waals surface area contributed by atoms with Crippen LogP contribution in [0.3, 0.4) is 0 Å². The van der Waals surface area contributed by atoms with Gasteiger partial charge in [0.25, 0.3) is 0 Å². The minimum Gasteiger partial charge on any atom is -0.493 e. The molecule has 2 atom stereocenters. The summed E-state index contributed by atoms with van der Waals surface area (Å²) in [6, 6.07) is 19.7. The van der Waals surface area contributed by atoms with Gasteiger partial charge in [0, 0.05) is 60.0 Å². The highest BCUT2D eigenvalue weighted by Crippen LogP contribution is 2.45. The molecule has 2 amide bonds. The summed E-state index contributed by atoms with van der Waals surface area (Å²) in [6.07, 6.45) is 1.25. The Bertz CT molecular complexity index is 1820. The molecule has 2 aliphatic heterocycles. The fourth-order valence-corrected chi connectivity index (χ4v) is 6.63. The predicted octanol–water partition coefficient (Wildman–Crippen LogP) is 7.54. The van der Waals surface area contributed by atoms with Gasteiger partial charge in [-0.1, -0.05) is 59.3 Å². The molecule has 3 aromatic rings. The van der Waals surface area contributed by atoms with Crippen molar-refractivity contribution in [3.63, 3.8) is 0 Å². The zero-order valence-electron chi connectivity index (χ0n) is 28.4. The Morgan fingerprint density at radius 1 is 0.939 bits per heavy atom. The van der Waals surface area contributed by atoms with E-state index in [1.807, 2.05) is 78.6 Å². The van der Waals surface area contributed by atoms with E-state index in [0.717, 1.165) is 16.7 Å². The van der Waals surface area contributed by atoms with E-state index in [0.29, 0.717) is 66.5 Å². The molecule has 0 saturated carbocycles. The molecule has 12 heteroatoms. The van der Waals surface area contributed by atoms with E-state index in [2.05, 4.69) is 37.5 Å². The number of urea groups is 1. The summed E-state index contributed by atoms with van der Waals surface area (Å²) < 4.78 is 29.7. The minimum absolute atomic E-state index is 0. The molecule has 0 aliphatic carbocycles. The minimum atomic E-state index is -3.09. The molecule has 8 nitrogen and oxygen atoms in total. The van der Waals surface area contributed by atoms with Gasteiger partial charge in [-0.05, 0) is 81.3 Å². The standard InChI is InChI=1S/C37H42Cl2N4O4S.ClH/c1-6-47-32-25-26(17-18-37(2,3)4)7-16-31(32)35-40-33(27-8-12-29(38)13-9-27)34(28-10-14-30(39)15-11-28)43(35)36(44)42-21-19-41(20-22-42)23-24-48(5,45)46;/h7-16,25,33-34H,6,19-24H2,1-5H3;1H/t33-,34+;/m0./s1. The van der Waals surface area contributed by atoms with Gasteiger partial charge in [0.15, 0.2) is 0 Å². The van der Waals surface area contributed by atoms with Crippen LogP contribution in [0.1, 0.15) is 62.0 Å². The summed E-state index contributed by atoms with van der Waals surface area (Å²) >= 11 is 12.6. The lowest BCUT2D eigenvalue weighted by Crippen LogP contribution is -2.54. The molecule has 0 spiro atoms. The van der Waals surface area contributed by atoms with Crippen molar-refractivity contribution in [3.05, 3.63) is 99.0 Å². The third-order valence-electron chi connectivity index (χ3n) is 8.22. The van der Waals surface area contributed by atoms with E-state index in [9.17, 15) is 13.2 Å². The zero-order valence-corrected chi connectivity index (χ0v) is 31.6. The summed E-state index contributed by atoms with van der Waals surface area (Å²) in [5, 5.41) is 1.20.